The maximum Gasteiger partial charge on any atom is 0.223 e. The van der Waals surface area contributed by atoms with E-state index < -0.39 is 0 Å². The third-order valence-electron chi connectivity index (χ3n) is 3.29. The third-order valence-corrected chi connectivity index (χ3v) is 3.29. The van der Waals surface area contributed by atoms with Crippen LogP contribution in [0.25, 0.3) is 11.0 Å². The molecule has 0 atom stereocenters. The number of fused-ring (bicyclic) bond motifs is 1. The second kappa shape index (κ2) is 5.74. The lowest BCUT2D eigenvalue weighted by molar-refractivity contribution is -0.130. The zero-order chi connectivity index (χ0) is 14.7. The van der Waals surface area contributed by atoms with Crippen LogP contribution in [-0.4, -0.2) is 43.0 Å². The third kappa shape index (κ3) is 3.07. The summed E-state index contributed by atoms with van der Waals surface area (Å²) in [6.07, 6.45) is 2.43. The molecule has 0 radical (unpaired) electrons. The zero-order valence-corrected chi connectivity index (χ0v) is 11.7. The van der Waals surface area contributed by atoms with Crippen molar-refractivity contribution in [1.82, 2.24) is 30.0 Å². The average Bonchev–Trinajstić information content (AvgIpc) is 3.13. The van der Waals surface area contributed by atoms with Crippen LogP contribution in [0.1, 0.15) is 18.1 Å². The Morgan fingerprint density at radius 3 is 2.90 bits per heavy atom. The van der Waals surface area contributed by atoms with Gasteiger partial charge in [0, 0.05) is 19.9 Å². The van der Waals surface area contributed by atoms with Gasteiger partial charge in [0.1, 0.15) is 18.0 Å². The molecule has 0 aliphatic carbocycles. The fraction of sp³-hybridized carbons (Fsp3) is 0.286. The lowest BCUT2D eigenvalue weighted by atomic mass is 10.2. The number of imidazole rings is 1. The fourth-order valence-electron chi connectivity index (χ4n) is 2.16. The number of carbonyl (C=O) groups excluding carboxylic acids is 1. The highest BCUT2D eigenvalue weighted by Crippen LogP contribution is 2.11. The summed E-state index contributed by atoms with van der Waals surface area (Å²) in [5.41, 5.74) is 1.92. The van der Waals surface area contributed by atoms with Crippen LogP contribution in [0.2, 0.25) is 0 Å². The van der Waals surface area contributed by atoms with Gasteiger partial charge in [0.25, 0.3) is 0 Å². The van der Waals surface area contributed by atoms with E-state index in [4.69, 9.17) is 0 Å². The molecule has 0 saturated carbocycles. The average molecular weight is 284 g/mol. The molecule has 0 aliphatic heterocycles. The lowest BCUT2D eigenvalue weighted by Gasteiger charge is -2.14. The Labute approximate surface area is 121 Å². The molecule has 2 aromatic heterocycles. The monoisotopic (exact) mass is 284 g/mol. The normalized spacial score (nSPS) is 10.9. The van der Waals surface area contributed by atoms with Crippen LogP contribution in [0.15, 0.2) is 30.6 Å². The number of hydrogen-bond acceptors (Lipinski definition) is 4. The van der Waals surface area contributed by atoms with E-state index in [9.17, 15) is 4.79 Å². The van der Waals surface area contributed by atoms with Crippen molar-refractivity contribution in [2.45, 2.75) is 19.4 Å². The molecule has 0 saturated heterocycles. The van der Waals surface area contributed by atoms with Gasteiger partial charge in [-0.2, -0.15) is 5.10 Å². The quantitative estimate of drug-likeness (QED) is 0.738. The number of amides is 1. The predicted octanol–water partition coefficient (Wildman–Crippen LogP) is 1.27. The minimum absolute atomic E-state index is 0.0480. The number of aromatic nitrogens is 5. The minimum Gasteiger partial charge on any atom is -0.342 e. The van der Waals surface area contributed by atoms with Crippen molar-refractivity contribution in [1.29, 1.82) is 0 Å². The number of rotatable bonds is 5. The Bertz CT molecular complexity index is 700. The van der Waals surface area contributed by atoms with Crippen LogP contribution in [0.4, 0.5) is 0 Å². The van der Waals surface area contributed by atoms with Crippen LogP contribution in [0.5, 0.6) is 0 Å². The number of H-pyrrole nitrogens is 2. The maximum atomic E-state index is 12.1. The fourth-order valence-corrected chi connectivity index (χ4v) is 2.16. The van der Waals surface area contributed by atoms with Gasteiger partial charge < -0.3 is 9.88 Å². The van der Waals surface area contributed by atoms with E-state index in [1.807, 2.05) is 24.3 Å². The molecular weight excluding hydrogens is 268 g/mol. The molecule has 0 fully saturated rings. The van der Waals surface area contributed by atoms with Crippen LogP contribution in [0.3, 0.4) is 0 Å². The molecule has 2 heterocycles. The lowest BCUT2D eigenvalue weighted by Crippen LogP contribution is -2.27. The molecule has 0 bridgehead atoms. The summed E-state index contributed by atoms with van der Waals surface area (Å²) in [6, 6.07) is 7.83. The van der Waals surface area contributed by atoms with E-state index in [0.29, 0.717) is 25.2 Å². The van der Waals surface area contributed by atoms with Gasteiger partial charge in [0.2, 0.25) is 5.91 Å². The zero-order valence-electron chi connectivity index (χ0n) is 11.7. The first-order valence-corrected chi connectivity index (χ1v) is 6.74. The van der Waals surface area contributed by atoms with Crippen molar-refractivity contribution >= 4 is 16.9 Å². The smallest absolute Gasteiger partial charge is 0.223 e. The van der Waals surface area contributed by atoms with Crippen molar-refractivity contribution in [3.05, 3.63) is 42.2 Å². The Morgan fingerprint density at radius 1 is 1.29 bits per heavy atom. The second-order valence-corrected chi connectivity index (χ2v) is 4.88. The molecular formula is C14H16N6O. The maximum absolute atomic E-state index is 12.1. The number of hydrogen-bond donors (Lipinski definition) is 2. The van der Waals surface area contributed by atoms with Gasteiger partial charge in [-0.05, 0) is 12.1 Å². The van der Waals surface area contributed by atoms with E-state index in [0.717, 1.165) is 16.9 Å². The number of aryl methyl sites for hydroxylation is 1. The highest BCUT2D eigenvalue weighted by atomic mass is 16.2. The molecule has 1 amide bonds. The van der Waals surface area contributed by atoms with Gasteiger partial charge in [-0.3, -0.25) is 9.89 Å². The number of benzene rings is 1. The van der Waals surface area contributed by atoms with Gasteiger partial charge in [-0.1, -0.05) is 12.1 Å². The summed E-state index contributed by atoms with van der Waals surface area (Å²) in [5.74, 6) is 1.55. The molecule has 108 valence electrons. The van der Waals surface area contributed by atoms with Crippen molar-refractivity contribution in [3.8, 4) is 0 Å². The summed E-state index contributed by atoms with van der Waals surface area (Å²) in [4.78, 5) is 25.4. The first-order chi connectivity index (χ1) is 10.2. The van der Waals surface area contributed by atoms with Gasteiger partial charge in [0.15, 0.2) is 0 Å². The van der Waals surface area contributed by atoms with Crippen LogP contribution < -0.4 is 0 Å². The summed E-state index contributed by atoms with van der Waals surface area (Å²) in [6.45, 7) is 0.430. The number of nitrogens with one attached hydrogen (secondary N) is 2. The van der Waals surface area contributed by atoms with Gasteiger partial charge >= 0.3 is 0 Å². The largest absolute Gasteiger partial charge is 0.342 e. The van der Waals surface area contributed by atoms with Crippen molar-refractivity contribution < 1.29 is 4.79 Å². The molecule has 0 aliphatic rings. The topological polar surface area (TPSA) is 90.6 Å². The molecule has 1 aromatic carbocycles. The standard InChI is InChI=1S/C14H16N6O/c1-20(8-13-15-9-16-19-13)14(21)7-6-12-17-10-4-2-3-5-11(10)18-12/h2-5,9H,6-8H2,1H3,(H,17,18)(H,15,16,19). The van der Waals surface area contributed by atoms with Crippen LogP contribution in [0, 0.1) is 0 Å². The summed E-state index contributed by atoms with van der Waals surface area (Å²) in [5, 5.41) is 6.50. The summed E-state index contributed by atoms with van der Waals surface area (Å²) >= 11 is 0. The Kier molecular flexibility index (Phi) is 3.63. The highest BCUT2D eigenvalue weighted by Gasteiger charge is 2.12. The first kappa shape index (κ1) is 13.3. The molecule has 7 nitrogen and oxygen atoms in total. The molecule has 2 N–H and O–H groups in total. The number of carbonyl (C=O) groups is 1. The molecule has 7 heteroatoms. The van der Waals surface area contributed by atoms with E-state index in [1.54, 1.807) is 11.9 Å². The van der Waals surface area contributed by atoms with Crippen molar-refractivity contribution in [3.63, 3.8) is 0 Å². The summed E-state index contributed by atoms with van der Waals surface area (Å²) < 4.78 is 0. The highest BCUT2D eigenvalue weighted by molar-refractivity contribution is 5.77. The molecule has 0 unspecified atom stereocenters. The SMILES string of the molecule is CN(Cc1ncn[nH]1)C(=O)CCc1nc2ccccc2[nH]1. The summed E-state index contributed by atoms with van der Waals surface area (Å²) in [7, 11) is 1.75. The first-order valence-electron chi connectivity index (χ1n) is 6.74. The van der Waals surface area contributed by atoms with Gasteiger partial charge in [0.05, 0.1) is 17.6 Å². The molecule has 3 aromatic rings. The Hall–Kier alpha value is -2.70. The number of nitrogens with zero attached hydrogens (tertiary/aromatic N) is 4. The number of aromatic amines is 2. The van der Waals surface area contributed by atoms with Gasteiger partial charge in [-0.15, -0.1) is 0 Å². The van der Waals surface area contributed by atoms with E-state index in [1.165, 1.54) is 6.33 Å². The predicted molar refractivity (Wildman–Crippen MR) is 77.3 cm³/mol. The molecule has 0 spiro atoms. The van der Waals surface area contributed by atoms with Crippen molar-refractivity contribution in [2.75, 3.05) is 7.05 Å². The number of para-hydroxylation sites is 2. The van der Waals surface area contributed by atoms with Crippen LogP contribution in [-0.2, 0) is 17.8 Å². The van der Waals surface area contributed by atoms with Crippen molar-refractivity contribution in [2.24, 2.45) is 0 Å². The van der Waals surface area contributed by atoms with E-state index >= 15 is 0 Å². The second-order valence-electron chi connectivity index (χ2n) is 4.88. The Balaban J connectivity index is 1.57. The van der Waals surface area contributed by atoms with E-state index in [-0.39, 0.29) is 5.91 Å². The molecule has 3 rings (SSSR count). The van der Waals surface area contributed by atoms with E-state index in [2.05, 4.69) is 25.1 Å². The van der Waals surface area contributed by atoms with Gasteiger partial charge in [-0.25, -0.2) is 9.97 Å². The Morgan fingerprint density at radius 2 is 2.14 bits per heavy atom. The van der Waals surface area contributed by atoms with Crippen LogP contribution >= 0.6 is 0 Å². The minimum atomic E-state index is 0.0480. The molecule has 21 heavy (non-hydrogen) atoms.